The van der Waals surface area contributed by atoms with Crippen LogP contribution >= 0.6 is 0 Å². The fraction of sp³-hybridized carbons (Fsp3) is 0.240. The number of halogens is 3. The number of fused-ring (bicyclic) bond motifs is 1. The van der Waals surface area contributed by atoms with Gasteiger partial charge >= 0.3 is 6.36 Å². The Morgan fingerprint density at radius 3 is 2.29 bits per heavy atom. The number of alkyl halides is 3. The summed E-state index contributed by atoms with van der Waals surface area (Å²) in [6.07, 6.45) is -2.27. The van der Waals surface area contributed by atoms with Crippen molar-refractivity contribution >= 4 is 22.3 Å². The van der Waals surface area contributed by atoms with Crippen LogP contribution in [0.5, 0.6) is 5.75 Å². The summed E-state index contributed by atoms with van der Waals surface area (Å²) in [4.78, 5) is 26.1. The van der Waals surface area contributed by atoms with Gasteiger partial charge in [-0.15, -0.1) is 18.3 Å². The standard InChI is InChI=1S/C25H23F3N4O3/c1-16(2)13-15-31-14-5-8-21(24(31)34)29-22-19-6-3-4-7-20(19)23(33)32(30-22)17-9-11-18(12-10-17)35-25(26,27)28/h3-12,14,16H,13,15H2,1-2H3,(H,29,30). The van der Waals surface area contributed by atoms with E-state index in [2.05, 4.69) is 29.0 Å². The van der Waals surface area contributed by atoms with Gasteiger partial charge in [0.15, 0.2) is 5.82 Å². The molecule has 0 atom stereocenters. The molecule has 0 spiro atoms. The summed E-state index contributed by atoms with van der Waals surface area (Å²) < 4.78 is 44.0. The van der Waals surface area contributed by atoms with Crippen molar-refractivity contribution in [1.82, 2.24) is 14.3 Å². The summed E-state index contributed by atoms with van der Waals surface area (Å²) in [7, 11) is 0. The number of anilines is 2. The van der Waals surface area contributed by atoms with Crippen molar-refractivity contribution in [2.24, 2.45) is 5.92 Å². The molecular formula is C25H23F3N4O3. The first kappa shape index (κ1) is 24.1. The van der Waals surface area contributed by atoms with E-state index in [0.717, 1.165) is 23.2 Å². The van der Waals surface area contributed by atoms with Crippen LogP contribution in [0.3, 0.4) is 0 Å². The third-order valence-corrected chi connectivity index (χ3v) is 5.34. The van der Waals surface area contributed by atoms with Crippen LogP contribution in [0, 0.1) is 5.92 Å². The fourth-order valence-corrected chi connectivity index (χ4v) is 3.58. The molecule has 2 heterocycles. The molecule has 0 saturated heterocycles. The van der Waals surface area contributed by atoms with Crippen LogP contribution in [0.1, 0.15) is 20.3 Å². The van der Waals surface area contributed by atoms with Crippen molar-refractivity contribution in [2.75, 3.05) is 5.32 Å². The van der Waals surface area contributed by atoms with E-state index in [1.165, 1.54) is 12.1 Å². The van der Waals surface area contributed by atoms with Gasteiger partial charge in [-0.3, -0.25) is 9.59 Å². The van der Waals surface area contributed by atoms with Crippen LogP contribution in [-0.4, -0.2) is 20.7 Å². The van der Waals surface area contributed by atoms with Gasteiger partial charge in [0.25, 0.3) is 11.1 Å². The third-order valence-electron chi connectivity index (χ3n) is 5.34. The van der Waals surface area contributed by atoms with Gasteiger partial charge in [-0.2, -0.15) is 4.68 Å². The van der Waals surface area contributed by atoms with Gasteiger partial charge in [-0.05, 0) is 54.8 Å². The van der Waals surface area contributed by atoms with Crippen molar-refractivity contribution in [3.63, 3.8) is 0 Å². The Morgan fingerprint density at radius 2 is 1.63 bits per heavy atom. The van der Waals surface area contributed by atoms with Gasteiger partial charge in [0, 0.05) is 18.1 Å². The number of ether oxygens (including phenoxy) is 1. The Hall–Kier alpha value is -4.08. The van der Waals surface area contributed by atoms with Crippen molar-refractivity contribution in [3.8, 4) is 11.4 Å². The maximum Gasteiger partial charge on any atom is 0.573 e. The number of hydrogen-bond donors (Lipinski definition) is 1. The molecule has 10 heteroatoms. The first-order valence-electron chi connectivity index (χ1n) is 11.0. The fourth-order valence-electron chi connectivity index (χ4n) is 3.58. The van der Waals surface area contributed by atoms with Crippen molar-refractivity contribution in [3.05, 3.63) is 87.6 Å². The number of hydrogen-bond acceptors (Lipinski definition) is 5. The minimum Gasteiger partial charge on any atom is -0.406 e. The number of benzene rings is 2. The van der Waals surface area contributed by atoms with Crippen LogP contribution in [-0.2, 0) is 6.54 Å². The van der Waals surface area contributed by atoms with E-state index in [-0.39, 0.29) is 22.8 Å². The molecule has 0 amide bonds. The van der Waals surface area contributed by atoms with Crippen molar-refractivity contribution < 1.29 is 17.9 Å². The Kier molecular flexibility index (Phi) is 6.63. The van der Waals surface area contributed by atoms with E-state index in [1.54, 1.807) is 47.2 Å². The molecule has 4 aromatic rings. The van der Waals surface area contributed by atoms with Gasteiger partial charge in [0.1, 0.15) is 11.4 Å². The molecule has 0 radical (unpaired) electrons. The Labute approximate surface area is 198 Å². The first-order valence-corrected chi connectivity index (χ1v) is 11.0. The molecule has 0 saturated carbocycles. The highest BCUT2D eigenvalue weighted by Gasteiger charge is 2.31. The van der Waals surface area contributed by atoms with E-state index < -0.39 is 17.7 Å². The number of aryl methyl sites for hydroxylation is 1. The predicted molar refractivity (Wildman–Crippen MR) is 127 cm³/mol. The molecule has 182 valence electrons. The number of rotatable bonds is 7. The largest absolute Gasteiger partial charge is 0.573 e. The zero-order chi connectivity index (χ0) is 25.2. The molecule has 2 aromatic heterocycles. The van der Waals surface area contributed by atoms with E-state index in [9.17, 15) is 22.8 Å². The highest BCUT2D eigenvalue weighted by Crippen LogP contribution is 2.25. The lowest BCUT2D eigenvalue weighted by Crippen LogP contribution is -2.25. The highest BCUT2D eigenvalue weighted by molar-refractivity contribution is 5.92. The van der Waals surface area contributed by atoms with E-state index in [4.69, 9.17) is 0 Å². The second kappa shape index (κ2) is 9.65. The Balaban J connectivity index is 1.76. The second-order valence-corrected chi connectivity index (χ2v) is 8.38. The number of nitrogens with one attached hydrogen (secondary N) is 1. The average molecular weight is 484 g/mol. The minimum absolute atomic E-state index is 0.231. The Morgan fingerprint density at radius 1 is 0.943 bits per heavy atom. The molecule has 0 bridgehead atoms. The van der Waals surface area contributed by atoms with E-state index in [0.29, 0.717) is 23.2 Å². The van der Waals surface area contributed by atoms with Crippen LogP contribution < -0.4 is 21.2 Å². The van der Waals surface area contributed by atoms with Gasteiger partial charge in [-0.1, -0.05) is 32.0 Å². The van der Waals surface area contributed by atoms with Crippen LogP contribution in [0.15, 0.2) is 76.4 Å². The molecule has 0 fully saturated rings. The molecule has 2 aromatic carbocycles. The first-order chi connectivity index (χ1) is 16.6. The van der Waals surface area contributed by atoms with Gasteiger partial charge in [0.2, 0.25) is 0 Å². The smallest absolute Gasteiger partial charge is 0.406 e. The lowest BCUT2D eigenvalue weighted by Gasteiger charge is -2.14. The zero-order valence-corrected chi connectivity index (χ0v) is 19.0. The van der Waals surface area contributed by atoms with Gasteiger partial charge < -0.3 is 14.6 Å². The normalized spacial score (nSPS) is 11.7. The molecule has 0 aliphatic rings. The lowest BCUT2D eigenvalue weighted by molar-refractivity contribution is -0.274. The molecule has 1 N–H and O–H groups in total. The summed E-state index contributed by atoms with van der Waals surface area (Å²) in [5.74, 6) is 0.273. The zero-order valence-electron chi connectivity index (χ0n) is 19.0. The van der Waals surface area contributed by atoms with E-state index in [1.807, 2.05) is 0 Å². The molecule has 0 aliphatic carbocycles. The molecule has 35 heavy (non-hydrogen) atoms. The average Bonchev–Trinajstić information content (AvgIpc) is 2.81. The van der Waals surface area contributed by atoms with E-state index >= 15 is 0 Å². The summed E-state index contributed by atoms with van der Waals surface area (Å²) in [5.41, 5.74) is -0.169. The molecule has 0 unspecified atom stereocenters. The summed E-state index contributed by atoms with van der Waals surface area (Å²) in [6, 6.07) is 14.9. The lowest BCUT2D eigenvalue weighted by atomic mass is 10.1. The summed E-state index contributed by atoms with van der Waals surface area (Å²) >= 11 is 0. The molecule has 0 aliphatic heterocycles. The SMILES string of the molecule is CC(C)CCn1cccc(Nc2nn(-c3ccc(OC(F)(F)F)cc3)c(=O)c3ccccc23)c1=O. The number of aromatic nitrogens is 3. The molecule has 7 nitrogen and oxygen atoms in total. The number of nitrogens with zero attached hydrogens (tertiary/aromatic N) is 3. The minimum atomic E-state index is -4.83. The quantitative estimate of drug-likeness (QED) is 0.388. The van der Waals surface area contributed by atoms with Crippen LogP contribution in [0.2, 0.25) is 0 Å². The van der Waals surface area contributed by atoms with Crippen LogP contribution in [0.25, 0.3) is 16.5 Å². The summed E-state index contributed by atoms with van der Waals surface area (Å²) in [6.45, 7) is 4.72. The second-order valence-electron chi connectivity index (χ2n) is 8.38. The molecular weight excluding hydrogens is 461 g/mol. The summed E-state index contributed by atoms with van der Waals surface area (Å²) in [5, 5.41) is 8.28. The Bertz CT molecular complexity index is 1460. The highest BCUT2D eigenvalue weighted by atomic mass is 19.4. The van der Waals surface area contributed by atoms with Crippen molar-refractivity contribution in [2.45, 2.75) is 33.2 Å². The van der Waals surface area contributed by atoms with Crippen LogP contribution in [0.4, 0.5) is 24.7 Å². The maximum atomic E-state index is 13.1. The number of pyridine rings is 1. The topological polar surface area (TPSA) is 78.2 Å². The van der Waals surface area contributed by atoms with Crippen molar-refractivity contribution in [1.29, 1.82) is 0 Å². The molecule has 4 rings (SSSR count). The van der Waals surface area contributed by atoms with Gasteiger partial charge in [-0.25, -0.2) is 0 Å². The third kappa shape index (κ3) is 5.53. The predicted octanol–water partition coefficient (Wildman–Crippen LogP) is 5.24. The maximum absolute atomic E-state index is 13.1. The monoisotopic (exact) mass is 484 g/mol. The van der Waals surface area contributed by atoms with Gasteiger partial charge in [0.05, 0.1) is 11.1 Å².